The predicted molar refractivity (Wildman–Crippen MR) is 141 cm³/mol. The molecule has 1 aliphatic heterocycles. The van der Waals surface area contributed by atoms with Crippen molar-refractivity contribution in [3.63, 3.8) is 0 Å². The lowest BCUT2D eigenvalue weighted by Crippen LogP contribution is -2.30. The number of aromatic nitrogens is 3. The molecule has 0 saturated carbocycles. The normalized spacial score (nSPS) is 13.6. The van der Waals surface area contributed by atoms with Crippen LogP contribution in [-0.4, -0.2) is 50.8 Å². The topological polar surface area (TPSA) is 109 Å². The molecule has 1 fully saturated rings. The molecule has 36 heavy (non-hydrogen) atoms. The number of benzene rings is 2. The zero-order valence-corrected chi connectivity index (χ0v) is 20.2. The SMILES string of the molecule is C/C=C/C(=O)N1CCN(c2nc(-c3ccc(NC(=O)c4ccccc4)c(C)c3)c3c(N)nccn23)C1. The van der Waals surface area contributed by atoms with E-state index in [0.717, 1.165) is 16.8 Å². The Morgan fingerprint density at radius 3 is 2.67 bits per heavy atom. The number of rotatable bonds is 5. The molecule has 1 aliphatic rings. The van der Waals surface area contributed by atoms with E-state index in [9.17, 15) is 9.59 Å². The van der Waals surface area contributed by atoms with Crippen molar-refractivity contribution in [1.29, 1.82) is 0 Å². The first-order valence-corrected chi connectivity index (χ1v) is 11.7. The van der Waals surface area contributed by atoms with Crippen LogP contribution in [0.15, 0.2) is 73.1 Å². The Labute approximate surface area is 208 Å². The molecule has 4 aromatic rings. The minimum absolute atomic E-state index is 0.0222. The van der Waals surface area contributed by atoms with E-state index in [2.05, 4.69) is 15.2 Å². The second-order valence-corrected chi connectivity index (χ2v) is 8.65. The van der Waals surface area contributed by atoms with Crippen LogP contribution in [0.25, 0.3) is 16.8 Å². The van der Waals surface area contributed by atoms with Crippen LogP contribution < -0.4 is 16.0 Å². The van der Waals surface area contributed by atoms with Gasteiger partial charge >= 0.3 is 0 Å². The van der Waals surface area contributed by atoms with Gasteiger partial charge in [-0.1, -0.05) is 30.3 Å². The maximum atomic E-state index is 12.6. The van der Waals surface area contributed by atoms with Crippen molar-refractivity contribution in [3.8, 4) is 11.3 Å². The van der Waals surface area contributed by atoms with Crippen molar-refractivity contribution in [2.75, 3.05) is 35.7 Å². The highest BCUT2D eigenvalue weighted by Crippen LogP contribution is 2.33. The molecule has 9 nitrogen and oxygen atoms in total. The standard InChI is InChI=1S/C27H27N7O2/c1-3-7-22(35)32-14-15-33(17-32)27-31-23(24-25(28)29-12-13-34(24)27)20-10-11-21(18(2)16-20)30-26(36)19-8-5-4-6-9-19/h3-13,16H,14-15,17H2,1-2H3,(H2,28,29)(H,30,36)/b7-3+. The molecule has 1 saturated heterocycles. The number of nitrogens with zero attached hydrogens (tertiary/aromatic N) is 5. The van der Waals surface area contributed by atoms with Crippen molar-refractivity contribution in [3.05, 3.63) is 84.2 Å². The number of carbonyl (C=O) groups is 2. The third-order valence-electron chi connectivity index (χ3n) is 6.23. The summed E-state index contributed by atoms with van der Waals surface area (Å²) in [6, 6.07) is 14.9. The highest BCUT2D eigenvalue weighted by molar-refractivity contribution is 6.04. The first kappa shape index (κ1) is 23.1. The van der Waals surface area contributed by atoms with Crippen molar-refractivity contribution in [2.24, 2.45) is 0 Å². The van der Waals surface area contributed by atoms with E-state index in [0.29, 0.717) is 48.3 Å². The molecule has 9 heteroatoms. The molecule has 5 rings (SSSR count). The van der Waals surface area contributed by atoms with Crippen LogP contribution in [0, 0.1) is 6.92 Å². The molecule has 3 N–H and O–H groups in total. The second-order valence-electron chi connectivity index (χ2n) is 8.65. The predicted octanol–water partition coefficient (Wildman–Crippen LogP) is 3.72. The Kier molecular flexibility index (Phi) is 6.12. The van der Waals surface area contributed by atoms with E-state index in [1.807, 2.05) is 60.8 Å². The van der Waals surface area contributed by atoms with E-state index < -0.39 is 0 Å². The van der Waals surface area contributed by atoms with Crippen LogP contribution in [0.2, 0.25) is 0 Å². The maximum absolute atomic E-state index is 12.6. The number of anilines is 3. The van der Waals surface area contributed by atoms with Gasteiger partial charge < -0.3 is 20.9 Å². The average molecular weight is 482 g/mol. The number of imidazole rings is 1. The van der Waals surface area contributed by atoms with Crippen LogP contribution in [0.5, 0.6) is 0 Å². The molecule has 0 atom stereocenters. The summed E-state index contributed by atoms with van der Waals surface area (Å²) < 4.78 is 1.92. The van der Waals surface area contributed by atoms with Gasteiger partial charge in [0.2, 0.25) is 11.9 Å². The molecular weight excluding hydrogens is 454 g/mol. The summed E-state index contributed by atoms with van der Waals surface area (Å²) >= 11 is 0. The summed E-state index contributed by atoms with van der Waals surface area (Å²) in [6.45, 7) is 5.48. The first-order chi connectivity index (χ1) is 17.5. The molecule has 0 radical (unpaired) electrons. The van der Waals surface area contributed by atoms with Crippen LogP contribution in [-0.2, 0) is 4.79 Å². The fraction of sp³-hybridized carbons (Fsp3) is 0.185. The summed E-state index contributed by atoms with van der Waals surface area (Å²) in [5, 5.41) is 2.98. The average Bonchev–Trinajstić information content (AvgIpc) is 3.52. The molecule has 0 aliphatic carbocycles. The summed E-state index contributed by atoms with van der Waals surface area (Å²) in [6.07, 6.45) is 6.79. The Hall–Kier alpha value is -4.66. The molecule has 2 amide bonds. The Morgan fingerprint density at radius 2 is 1.92 bits per heavy atom. The van der Waals surface area contributed by atoms with Crippen molar-refractivity contribution in [2.45, 2.75) is 13.8 Å². The monoisotopic (exact) mass is 481 g/mol. The zero-order valence-electron chi connectivity index (χ0n) is 20.2. The van der Waals surface area contributed by atoms with Gasteiger partial charge in [-0.05, 0) is 49.8 Å². The van der Waals surface area contributed by atoms with Crippen LogP contribution in [0.3, 0.4) is 0 Å². The fourth-order valence-corrected chi connectivity index (χ4v) is 4.39. The largest absolute Gasteiger partial charge is 0.382 e. The van der Waals surface area contributed by atoms with E-state index in [1.165, 1.54) is 0 Å². The summed E-state index contributed by atoms with van der Waals surface area (Å²) in [5.41, 5.74) is 10.8. The molecule has 182 valence electrons. The van der Waals surface area contributed by atoms with Gasteiger partial charge in [-0.2, -0.15) is 0 Å². The highest BCUT2D eigenvalue weighted by Gasteiger charge is 2.28. The third-order valence-corrected chi connectivity index (χ3v) is 6.23. The van der Waals surface area contributed by atoms with E-state index in [1.54, 1.807) is 35.4 Å². The summed E-state index contributed by atoms with van der Waals surface area (Å²) in [5.74, 6) is 0.877. The van der Waals surface area contributed by atoms with Crippen LogP contribution in [0.4, 0.5) is 17.5 Å². The minimum atomic E-state index is -0.166. The van der Waals surface area contributed by atoms with Crippen molar-refractivity contribution < 1.29 is 9.59 Å². The van der Waals surface area contributed by atoms with Gasteiger partial charge in [-0.25, -0.2) is 9.97 Å². The van der Waals surface area contributed by atoms with Gasteiger partial charge in [-0.3, -0.25) is 14.0 Å². The number of allylic oxidation sites excluding steroid dienone is 1. The number of hydrogen-bond acceptors (Lipinski definition) is 6. The molecule has 0 spiro atoms. The van der Waals surface area contributed by atoms with Gasteiger partial charge in [0.15, 0.2) is 0 Å². The third kappa shape index (κ3) is 4.26. The van der Waals surface area contributed by atoms with E-state index in [-0.39, 0.29) is 11.8 Å². The quantitative estimate of drug-likeness (QED) is 0.421. The highest BCUT2D eigenvalue weighted by atomic mass is 16.2. The molecule has 2 aromatic carbocycles. The van der Waals surface area contributed by atoms with Crippen molar-refractivity contribution >= 4 is 34.8 Å². The summed E-state index contributed by atoms with van der Waals surface area (Å²) in [7, 11) is 0. The number of nitrogens with one attached hydrogen (secondary N) is 1. The lowest BCUT2D eigenvalue weighted by atomic mass is 10.1. The van der Waals surface area contributed by atoms with Crippen molar-refractivity contribution in [1.82, 2.24) is 19.3 Å². The molecule has 2 aromatic heterocycles. The lowest BCUT2D eigenvalue weighted by molar-refractivity contribution is -0.124. The number of hydrogen-bond donors (Lipinski definition) is 2. The van der Waals surface area contributed by atoms with Crippen LogP contribution in [0.1, 0.15) is 22.8 Å². The second kappa shape index (κ2) is 9.53. The van der Waals surface area contributed by atoms with Gasteiger partial charge in [0, 0.05) is 42.3 Å². The lowest BCUT2D eigenvalue weighted by Gasteiger charge is -2.17. The van der Waals surface area contributed by atoms with E-state index >= 15 is 0 Å². The van der Waals surface area contributed by atoms with Gasteiger partial charge in [0.05, 0.1) is 6.67 Å². The zero-order chi connectivity index (χ0) is 25.2. The minimum Gasteiger partial charge on any atom is -0.382 e. The number of aryl methyl sites for hydroxylation is 1. The Morgan fingerprint density at radius 1 is 1.11 bits per heavy atom. The maximum Gasteiger partial charge on any atom is 0.255 e. The number of amides is 2. The fourth-order valence-electron chi connectivity index (χ4n) is 4.39. The Balaban J connectivity index is 1.48. The Bertz CT molecular complexity index is 1480. The van der Waals surface area contributed by atoms with Crippen LogP contribution >= 0.6 is 0 Å². The van der Waals surface area contributed by atoms with Gasteiger partial charge in [0.1, 0.15) is 17.0 Å². The van der Waals surface area contributed by atoms with Gasteiger partial charge in [0.25, 0.3) is 5.91 Å². The molecule has 0 unspecified atom stereocenters. The number of nitrogen functional groups attached to an aromatic ring is 1. The number of nitrogens with two attached hydrogens (primary N) is 1. The molecule has 3 heterocycles. The molecular formula is C27H27N7O2. The van der Waals surface area contributed by atoms with Gasteiger partial charge in [-0.15, -0.1) is 0 Å². The molecule has 0 bridgehead atoms. The summed E-state index contributed by atoms with van der Waals surface area (Å²) in [4.78, 5) is 38.0. The van der Waals surface area contributed by atoms with E-state index in [4.69, 9.17) is 10.7 Å². The number of fused-ring (bicyclic) bond motifs is 1. The smallest absolute Gasteiger partial charge is 0.255 e. The first-order valence-electron chi connectivity index (χ1n) is 11.7. The number of carbonyl (C=O) groups excluding carboxylic acids is 2.